The minimum Gasteiger partial charge on any atom is -0.493 e. The van der Waals surface area contributed by atoms with Gasteiger partial charge in [-0.25, -0.2) is 4.39 Å². The van der Waals surface area contributed by atoms with Gasteiger partial charge in [0, 0.05) is 17.8 Å². The number of ether oxygens (including phenoxy) is 2. The zero-order valence-electron chi connectivity index (χ0n) is 17.8. The molecule has 0 radical (unpaired) electrons. The van der Waals surface area contributed by atoms with E-state index >= 15 is 0 Å². The molecule has 2 amide bonds. The number of hydrogen-bond donors (Lipinski definition) is 1. The number of benzene rings is 3. The summed E-state index contributed by atoms with van der Waals surface area (Å²) in [6, 6.07) is 17.9. The number of nitrogens with one attached hydrogen (secondary N) is 1. The van der Waals surface area contributed by atoms with E-state index in [9.17, 15) is 14.0 Å². The van der Waals surface area contributed by atoms with Crippen LogP contribution in [0.15, 0.2) is 66.7 Å². The fraction of sp³-hybridized carbons (Fsp3) is 0.200. The summed E-state index contributed by atoms with van der Waals surface area (Å²) in [6.45, 7) is 0.390. The molecule has 3 aromatic rings. The lowest BCUT2D eigenvalue weighted by molar-refractivity contribution is -0.117. The second kappa shape index (κ2) is 9.09. The highest BCUT2D eigenvalue weighted by molar-refractivity contribution is 5.99. The molecule has 0 aliphatic carbocycles. The van der Waals surface area contributed by atoms with E-state index < -0.39 is 11.9 Å². The van der Waals surface area contributed by atoms with E-state index in [0.717, 1.165) is 11.1 Å². The Kier molecular flexibility index (Phi) is 6.07. The molecule has 0 aromatic heterocycles. The maximum atomic E-state index is 13.5. The summed E-state index contributed by atoms with van der Waals surface area (Å²) in [7, 11) is 3.08. The first-order valence-corrected chi connectivity index (χ1v) is 10.2. The van der Waals surface area contributed by atoms with E-state index in [0.29, 0.717) is 29.3 Å². The van der Waals surface area contributed by atoms with Gasteiger partial charge in [-0.15, -0.1) is 0 Å². The Balaban J connectivity index is 1.66. The standard InChI is InChI=1S/C25H23FN2O4/c1-31-22-11-10-16(12-23(22)32-2)21(14-24(29)27-19-8-5-7-18(26)13-19)28-15-17-6-3-4-9-20(17)25(28)30/h3-13,21H,14-15H2,1-2H3,(H,27,29). The molecule has 1 N–H and O–H groups in total. The van der Waals surface area contributed by atoms with Crippen LogP contribution in [0.5, 0.6) is 11.5 Å². The van der Waals surface area contributed by atoms with Gasteiger partial charge in [0.05, 0.1) is 26.7 Å². The Morgan fingerprint density at radius 1 is 1.03 bits per heavy atom. The van der Waals surface area contributed by atoms with Gasteiger partial charge in [0.25, 0.3) is 5.91 Å². The minimum atomic E-state index is -0.553. The van der Waals surface area contributed by atoms with Gasteiger partial charge < -0.3 is 19.7 Å². The van der Waals surface area contributed by atoms with E-state index in [1.165, 1.54) is 25.3 Å². The first-order valence-electron chi connectivity index (χ1n) is 10.2. The lowest BCUT2D eigenvalue weighted by Crippen LogP contribution is -2.32. The number of amides is 2. The highest BCUT2D eigenvalue weighted by Gasteiger charge is 2.34. The quantitative estimate of drug-likeness (QED) is 0.592. The number of rotatable bonds is 7. The number of hydrogen-bond acceptors (Lipinski definition) is 4. The molecule has 1 unspecified atom stereocenters. The number of anilines is 1. The molecular formula is C25H23FN2O4. The summed E-state index contributed by atoms with van der Waals surface area (Å²) in [5, 5.41) is 2.72. The van der Waals surface area contributed by atoms with Crippen molar-refractivity contribution in [3.8, 4) is 11.5 Å². The van der Waals surface area contributed by atoms with Crippen molar-refractivity contribution in [2.24, 2.45) is 0 Å². The monoisotopic (exact) mass is 434 g/mol. The number of halogens is 1. The van der Waals surface area contributed by atoms with Crippen LogP contribution in [0.3, 0.4) is 0 Å². The molecule has 1 aliphatic heterocycles. The number of carbonyl (C=O) groups excluding carboxylic acids is 2. The van der Waals surface area contributed by atoms with Crippen LogP contribution >= 0.6 is 0 Å². The summed E-state index contributed by atoms with van der Waals surface area (Å²) in [4.78, 5) is 27.7. The van der Waals surface area contributed by atoms with Gasteiger partial charge in [-0.1, -0.05) is 30.3 Å². The first kappa shape index (κ1) is 21.4. The van der Waals surface area contributed by atoms with Gasteiger partial charge in [0.1, 0.15) is 5.82 Å². The minimum absolute atomic E-state index is 0.00821. The van der Waals surface area contributed by atoms with Crippen molar-refractivity contribution >= 4 is 17.5 Å². The average molecular weight is 434 g/mol. The van der Waals surface area contributed by atoms with Crippen molar-refractivity contribution < 1.29 is 23.5 Å². The number of fused-ring (bicyclic) bond motifs is 1. The lowest BCUT2D eigenvalue weighted by Gasteiger charge is -2.28. The molecule has 7 heteroatoms. The SMILES string of the molecule is COc1ccc(C(CC(=O)Nc2cccc(F)c2)N2Cc3ccccc3C2=O)cc1OC. The van der Waals surface area contributed by atoms with Crippen LogP contribution in [0.25, 0.3) is 0 Å². The summed E-state index contributed by atoms with van der Waals surface area (Å²) in [5.41, 5.74) is 2.63. The van der Waals surface area contributed by atoms with Crippen LogP contribution in [0, 0.1) is 5.82 Å². The van der Waals surface area contributed by atoms with Crippen molar-refractivity contribution in [2.75, 3.05) is 19.5 Å². The van der Waals surface area contributed by atoms with Crippen molar-refractivity contribution in [3.05, 3.63) is 89.2 Å². The van der Waals surface area contributed by atoms with E-state index in [1.807, 2.05) is 24.3 Å². The van der Waals surface area contributed by atoms with Crippen LogP contribution < -0.4 is 14.8 Å². The zero-order valence-corrected chi connectivity index (χ0v) is 17.8. The highest BCUT2D eigenvalue weighted by atomic mass is 19.1. The first-order chi connectivity index (χ1) is 15.5. The van der Waals surface area contributed by atoms with Gasteiger partial charge in [0.15, 0.2) is 11.5 Å². The van der Waals surface area contributed by atoms with Crippen LogP contribution in [0.1, 0.15) is 33.9 Å². The van der Waals surface area contributed by atoms with E-state index in [-0.39, 0.29) is 18.2 Å². The fourth-order valence-corrected chi connectivity index (χ4v) is 3.95. The molecule has 3 aromatic carbocycles. The molecular weight excluding hydrogens is 411 g/mol. The second-order valence-corrected chi connectivity index (χ2v) is 7.48. The summed E-state index contributed by atoms with van der Waals surface area (Å²) in [6.07, 6.45) is -0.00821. The van der Waals surface area contributed by atoms with Gasteiger partial charge in [0.2, 0.25) is 5.91 Å². The topological polar surface area (TPSA) is 67.9 Å². The molecule has 164 valence electrons. The summed E-state index contributed by atoms with van der Waals surface area (Å²) < 4.78 is 24.3. The van der Waals surface area contributed by atoms with Gasteiger partial charge in [-0.2, -0.15) is 0 Å². The second-order valence-electron chi connectivity index (χ2n) is 7.48. The maximum absolute atomic E-state index is 13.5. The largest absolute Gasteiger partial charge is 0.493 e. The molecule has 32 heavy (non-hydrogen) atoms. The van der Waals surface area contributed by atoms with Crippen LogP contribution in [0.2, 0.25) is 0 Å². The number of nitrogens with zero attached hydrogens (tertiary/aromatic N) is 1. The van der Waals surface area contributed by atoms with E-state index in [1.54, 1.807) is 36.3 Å². The highest BCUT2D eigenvalue weighted by Crippen LogP contribution is 2.37. The molecule has 0 fully saturated rings. The normalized spacial score (nSPS) is 13.5. The zero-order chi connectivity index (χ0) is 22.7. The van der Waals surface area contributed by atoms with Crippen molar-refractivity contribution in [1.82, 2.24) is 4.90 Å². The molecule has 0 spiro atoms. The Bertz CT molecular complexity index is 1160. The van der Waals surface area contributed by atoms with Gasteiger partial charge in [-0.3, -0.25) is 9.59 Å². The molecule has 6 nitrogen and oxygen atoms in total. The number of carbonyl (C=O) groups is 2. The summed E-state index contributed by atoms with van der Waals surface area (Å²) >= 11 is 0. The predicted octanol–water partition coefficient (Wildman–Crippen LogP) is 4.57. The Morgan fingerprint density at radius 3 is 2.53 bits per heavy atom. The molecule has 4 rings (SSSR count). The predicted molar refractivity (Wildman–Crippen MR) is 118 cm³/mol. The van der Waals surface area contributed by atoms with E-state index in [2.05, 4.69) is 5.32 Å². The third-order valence-electron chi connectivity index (χ3n) is 5.51. The molecule has 0 bridgehead atoms. The Labute approximate surface area is 185 Å². The van der Waals surface area contributed by atoms with Gasteiger partial charge in [-0.05, 0) is 47.5 Å². The van der Waals surface area contributed by atoms with Crippen molar-refractivity contribution in [1.29, 1.82) is 0 Å². The van der Waals surface area contributed by atoms with Crippen LogP contribution in [0.4, 0.5) is 10.1 Å². The average Bonchev–Trinajstić information content (AvgIpc) is 3.13. The molecule has 0 saturated carbocycles. The third kappa shape index (κ3) is 4.27. The maximum Gasteiger partial charge on any atom is 0.255 e. The van der Waals surface area contributed by atoms with Crippen LogP contribution in [-0.2, 0) is 11.3 Å². The van der Waals surface area contributed by atoms with E-state index in [4.69, 9.17) is 9.47 Å². The molecule has 1 heterocycles. The molecule has 1 aliphatic rings. The summed E-state index contributed by atoms with van der Waals surface area (Å²) in [5.74, 6) is 0.141. The van der Waals surface area contributed by atoms with Crippen molar-refractivity contribution in [2.45, 2.75) is 19.0 Å². The number of methoxy groups -OCH3 is 2. The molecule has 0 saturated heterocycles. The fourth-order valence-electron chi connectivity index (χ4n) is 3.95. The smallest absolute Gasteiger partial charge is 0.255 e. The van der Waals surface area contributed by atoms with Gasteiger partial charge >= 0.3 is 0 Å². The molecule has 1 atom stereocenters. The third-order valence-corrected chi connectivity index (χ3v) is 5.51. The van der Waals surface area contributed by atoms with Crippen molar-refractivity contribution in [3.63, 3.8) is 0 Å². The van der Waals surface area contributed by atoms with Crippen LogP contribution in [-0.4, -0.2) is 30.9 Å². The Morgan fingerprint density at radius 2 is 1.81 bits per heavy atom. The lowest BCUT2D eigenvalue weighted by atomic mass is 10.0. The Hall–Kier alpha value is -3.87.